The minimum atomic E-state index is -0.913. The first kappa shape index (κ1) is 28.8. The Morgan fingerprint density at radius 3 is 2.10 bits per heavy atom. The first-order valence-corrected chi connectivity index (χ1v) is 13.7. The van der Waals surface area contributed by atoms with Gasteiger partial charge in [0.25, 0.3) is 0 Å². The number of aliphatic carboxylic acids is 1. The predicted octanol–water partition coefficient (Wildman–Crippen LogP) is 4.79. The number of nitrogens with one attached hydrogen (secondary N) is 2. The van der Waals surface area contributed by atoms with Gasteiger partial charge in [0, 0.05) is 31.5 Å². The fraction of sp³-hybridized carbons (Fsp3) is 0.344. The third-order valence-corrected chi connectivity index (χ3v) is 7.29. The SMILES string of the molecule is CCC(CCC(=O)O)NC(=O)C(CN(C)Cc1ccccc1)NC(=O)OCC1c2ccccc2-c2ccccc21. The number of benzene rings is 3. The first-order valence-electron chi connectivity index (χ1n) is 13.7. The Balaban J connectivity index is 1.43. The molecule has 2 unspecified atom stereocenters. The van der Waals surface area contributed by atoms with E-state index in [1.54, 1.807) is 0 Å². The van der Waals surface area contributed by atoms with Crippen molar-refractivity contribution in [2.24, 2.45) is 0 Å². The zero-order valence-electron chi connectivity index (χ0n) is 23.0. The Labute approximate surface area is 235 Å². The molecular weight excluding hydrogens is 506 g/mol. The maximum Gasteiger partial charge on any atom is 0.407 e. The fourth-order valence-electron chi connectivity index (χ4n) is 5.23. The summed E-state index contributed by atoms with van der Waals surface area (Å²) in [4.78, 5) is 39.4. The lowest BCUT2D eigenvalue weighted by Crippen LogP contribution is -2.54. The maximum absolute atomic E-state index is 13.3. The second-order valence-corrected chi connectivity index (χ2v) is 10.3. The van der Waals surface area contributed by atoms with Gasteiger partial charge < -0.3 is 20.5 Å². The number of carbonyl (C=O) groups excluding carboxylic acids is 2. The van der Waals surface area contributed by atoms with Crippen LogP contribution in [0.15, 0.2) is 78.9 Å². The second kappa shape index (κ2) is 13.8. The average molecular weight is 544 g/mol. The zero-order valence-corrected chi connectivity index (χ0v) is 23.0. The van der Waals surface area contributed by atoms with Gasteiger partial charge in [0.2, 0.25) is 5.91 Å². The van der Waals surface area contributed by atoms with Crippen molar-refractivity contribution in [2.45, 2.75) is 50.7 Å². The van der Waals surface area contributed by atoms with Crippen molar-refractivity contribution >= 4 is 18.0 Å². The number of hydrogen-bond donors (Lipinski definition) is 3. The minimum Gasteiger partial charge on any atom is -0.481 e. The summed E-state index contributed by atoms with van der Waals surface area (Å²) in [6, 6.07) is 24.9. The van der Waals surface area contributed by atoms with E-state index in [9.17, 15) is 14.4 Å². The number of fused-ring (bicyclic) bond motifs is 3. The molecule has 0 spiro atoms. The molecule has 0 fully saturated rings. The Morgan fingerprint density at radius 2 is 1.50 bits per heavy atom. The second-order valence-electron chi connectivity index (χ2n) is 10.3. The van der Waals surface area contributed by atoms with Crippen molar-refractivity contribution in [3.63, 3.8) is 0 Å². The van der Waals surface area contributed by atoms with Gasteiger partial charge in [-0.05, 0) is 47.7 Å². The van der Waals surface area contributed by atoms with E-state index in [0.29, 0.717) is 19.4 Å². The number of likely N-dealkylation sites (N-methyl/N-ethyl adjacent to an activating group) is 1. The minimum absolute atomic E-state index is 0.0445. The summed E-state index contributed by atoms with van der Waals surface area (Å²) in [5, 5.41) is 14.7. The van der Waals surface area contributed by atoms with Crippen molar-refractivity contribution in [2.75, 3.05) is 20.2 Å². The van der Waals surface area contributed by atoms with Crippen LogP contribution in [0, 0.1) is 0 Å². The summed E-state index contributed by atoms with van der Waals surface area (Å²) >= 11 is 0. The quantitative estimate of drug-likeness (QED) is 0.286. The molecule has 3 aromatic rings. The highest BCUT2D eigenvalue weighted by molar-refractivity contribution is 5.86. The number of nitrogens with zero attached hydrogens (tertiary/aromatic N) is 1. The number of rotatable bonds is 13. The molecule has 0 saturated carbocycles. The van der Waals surface area contributed by atoms with Crippen LogP contribution in [-0.2, 0) is 20.9 Å². The molecule has 0 heterocycles. The van der Waals surface area contributed by atoms with Crippen LogP contribution in [0.1, 0.15) is 48.8 Å². The van der Waals surface area contributed by atoms with E-state index < -0.39 is 18.1 Å². The molecule has 210 valence electrons. The summed E-state index contributed by atoms with van der Waals surface area (Å²) < 4.78 is 5.70. The van der Waals surface area contributed by atoms with Crippen LogP contribution in [0.2, 0.25) is 0 Å². The van der Waals surface area contributed by atoms with Gasteiger partial charge in [0.15, 0.2) is 0 Å². The van der Waals surface area contributed by atoms with E-state index in [0.717, 1.165) is 27.8 Å². The molecule has 8 heteroatoms. The summed E-state index contributed by atoms with van der Waals surface area (Å²) in [6.07, 6.45) is 0.178. The van der Waals surface area contributed by atoms with Crippen molar-refractivity contribution in [1.29, 1.82) is 0 Å². The number of carboxylic acids is 1. The van der Waals surface area contributed by atoms with E-state index in [1.165, 1.54) is 0 Å². The van der Waals surface area contributed by atoms with E-state index in [2.05, 4.69) is 34.9 Å². The molecule has 1 aliphatic rings. The van der Waals surface area contributed by atoms with Gasteiger partial charge in [-0.2, -0.15) is 0 Å². The number of amides is 2. The molecule has 4 rings (SSSR count). The third-order valence-electron chi connectivity index (χ3n) is 7.29. The monoisotopic (exact) mass is 543 g/mol. The zero-order chi connectivity index (χ0) is 28.5. The van der Waals surface area contributed by atoms with Crippen LogP contribution in [0.5, 0.6) is 0 Å². The molecule has 0 aliphatic heterocycles. The molecule has 0 radical (unpaired) electrons. The van der Waals surface area contributed by atoms with Crippen LogP contribution < -0.4 is 10.6 Å². The summed E-state index contributed by atoms with van der Waals surface area (Å²) in [5.41, 5.74) is 5.58. The maximum atomic E-state index is 13.3. The van der Waals surface area contributed by atoms with E-state index in [1.807, 2.05) is 73.5 Å². The first-order chi connectivity index (χ1) is 19.4. The Hall–Kier alpha value is -4.17. The number of alkyl carbamates (subject to hydrolysis) is 1. The topological polar surface area (TPSA) is 108 Å². The van der Waals surface area contributed by atoms with E-state index in [4.69, 9.17) is 9.84 Å². The van der Waals surface area contributed by atoms with Crippen molar-refractivity contribution in [1.82, 2.24) is 15.5 Å². The number of carbonyl (C=O) groups is 3. The highest BCUT2D eigenvalue weighted by Gasteiger charge is 2.30. The summed E-state index contributed by atoms with van der Waals surface area (Å²) in [6.45, 7) is 2.88. The Kier molecular flexibility index (Phi) is 9.91. The molecule has 3 N–H and O–H groups in total. The molecule has 3 aromatic carbocycles. The highest BCUT2D eigenvalue weighted by atomic mass is 16.5. The van der Waals surface area contributed by atoms with Crippen LogP contribution in [0.4, 0.5) is 4.79 Å². The molecule has 8 nitrogen and oxygen atoms in total. The molecule has 0 bridgehead atoms. The largest absolute Gasteiger partial charge is 0.481 e. The predicted molar refractivity (Wildman–Crippen MR) is 154 cm³/mol. The normalized spacial score (nSPS) is 13.7. The standard InChI is InChI=1S/C32H37N3O5/c1-3-23(17-18-30(36)37)33-31(38)29(20-35(2)19-22-11-5-4-6-12-22)34-32(39)40-21-28-26-15-9-7-13-24(26)25-14-8-10-16-27(25)28/h4-16,23,28-29H,3,17-21H2,1-2H3,(H,33,38)(H,34,39)(H,36,37). The van der Waals surface area contributed by atoms with Gasteiger partial charge in [0.1, 0.15) is 12.6 Å². The average Bonchev–Trinajstić information content (AvgIpc) is 3.27. The van der Waals surface area contributed by atoms with Gasteiger partial charge in [-0.15, -0.1) is 0 Å². The lowest BCUT2D eigenvalue weighted by atomic mass is 9.98. The molecule has 0 saturated heterocycles. The van der Waals surface area contributed by atoms with Gasteiger partial charge in [-0.3, -0.25) is 14.5 Å². The van der Waals surface area contributed by atoms with Crippen LogP contribution in [0.3, 0.4) is 0 Å². The van der Waals surface area contributed by atoms with Gasteiger partial charge in [-0.25, -0.2) is 4.79 Å². The Bertz CT molecular complexity index is 1270. The fourth-order valence-corrected chi connectivity index (χ4v) is 5.23. The van der Waals surface area contributed by atoms with Crippen molar-refractivity contribution in [3.05, 3.63) is 95.6 Å². The van der Waals surface area contributed by atoms with Crippen LogP contribution in [-0.4, -0.2) is 60.3 Å². The van der Waals surface area contributed by atoms with Crippen molar-refractivity contribution < 1.29 is 24.2 Å². The summed E-state index contributed by atoms with van der Waals surface area (Å²) in [5.74, 6) is -1.37. The third kappa shape index (κ3) is 7.48. The molecule has 2 amide bonds. The lowest BCUT2D eigenvalue weighted by molar-refractivity contribution is -0.137. The molecule has 1 aliphatic carbocycles. The van der Waals surface area contributed by atoms with Gasteiger partial charge >= 0.3 is 12.1 Å². The highest BCUT2D eigenvalue weighted by Crippen LogP contribution is 2.44. The van der Waals surface area contributed by atoms with Crippen LogP contribution >= 0.6 is 0 Å². The van der Waals surface area contributed by atoms with Crippen LogP contribution in [0.25, 0.3) is 11.1 Å². The van der Waals surface area contributed by atoms with E-state index in [-0.39, 0.29) is 37.4 Å². The smallest absolute Gasteiger partial charge is 0.407 e. The van der Waals surface area contributed by atoms with Gasteiger partial charge in [0.05, 0.1) is 0 Å². The molecule has 40 heavy (non-hydrogen) atoms. The van der Waals surface area contributed by atoms with E-state index >= 15 is 0 Å². The van der Waals surface area contributed by atoms with Gasteiger partial charge in [-0.1, -0.05) is 85.8 Å². The molecule has 2 atom stereocenters. The number of carboxylic acid groups (broad SMARTS) is 1. The summed E-state index contributed by atoms with van der Waals surface area (Å²) in [7, 11) is 1.88. The number of hydrogen-bond acceptors (Lipinski definition) is 5. The Morgan fingerprint density at radius 1 is 0.900 bits per heavy atom. The number of ether oxygens (including phenoxy) is 1. The molecular formula is C32H37N3O5. The van der Waals surface area contributed by atoms with Crippen molar-refractivity contribution in [3.8, 4) is 11.1 Å². The lowest BCUT2D eigenvalue weighted by Gasteiger charge is -2.26. The molecule has 0 aromatic heterocycles.